The normalized spacial score (nSPS) is 17.3. The maximum absolute atomic E-state index is 9.59. The lowest BCUT2D eigenvalue weighted by atomic mass is 10.1. The molecular weight excluding hydrogens is 234 g/mol. The summed E-state index contributed by atoms with van der Waals surface area (Å²) in [5.74, 6) is 2.03. The summed E-state index contributed by atoms with van der Waals surface area (Å²) in [7, 11) is 0. The average molecular weight is 247 g/mol. The molecule has 2 heterocycles. The molecule has 1 aromatic carbocycles. The van der Waals surface area contributed by atoms with Crippen molar-refractivity contribution in [1.82, 2.24) is 5.16 Å². The summed E-state index contributed by atoms with van der Waals surface area (Å²) in [5, 5.41) is 13.4. The molecule has 1 aromatic heterocycles. The Morgan fingerprint density at radius 2 is 2.33 bits per heavy atom. The van der Waals surface area contributed by atoms with Gasteiger partial charge in [-0.25, -0.2) is 0 Å². The molecule has 1 unspecified atom stereocenters. The number of aliphatic hydroxyl groups is 1. The van der Waals surface area contributed by atoms with Gasteiger partial charge in [-0.15, -0.1) is 0 Å². The number of benzene rings is 1. The zero-order valence-electron chi connectivity index (χ0n) is 9.92. The zero-order valence-corrected chi connectivity index (χ0v) is 9.92. The van der Waals surface area contributed by atoms with Crippen LogP contribution in [0.1, 0.15) is 23.1 Å². The van der Waals surface area contributed by atoms with Gasteiger partial charge in [0.1, 0.15) is 30.8 Å². The highest BCUT2D eigenvalue weighted by Gasteiger charge is 2.22. The molecule has 5 nitrogen and oxygen atoms in total. The van der Waals surface area contributed by atoms with E-state index in [4.69, 9.17) is 14.0 Å². The minimum atomic E-state index is -0.536. The first-order valence-corrected chi connectivity index (χ1v) is 5.72. The van der Waals surface area contributed by atoms with E-state index in [1.165, 1.54) is 0 Å². The standard InChI is InChI=1S/C13H13NO4/c1-8-4-10(18-14-8)6-16-9-2-3-11-12(15)7-17-13(11)5-9/h2-5,12,15H,6-7H2,1H3. The van der Waals surface area contributed by atoms with Crippen LogP contribution in [-0.2, 0) is 6.61 Å². The van der Waals surface area contributed by atoms with Crippen molar-refractivity contribution in [1.29, 1.82) is 0 Å². The Labute approximate surface area is 104 Å². The van der Waals surface area contributed by atoms with Crippen molar-refractivity contribution in [2.75, 3.05) is 6.61 Å². The molecule has 0 aliphatic carbocycles. The largest absolute Gasteiger partial charge is 0.490 e. The van der Waals surface area contributed by atoms with Gasteiger partial charge >= 0.3 is 0 Å². The number of aryl methyl sites for hydroxylation is 1. The van der Waals surface area contributed by atoms with Gasteiger partial charge in [-0.3, -0.25) is 0 Å². The Balaban J connectivity index is 1.70. The van der Waals surface area contributed by atoms with Gasteiger partial charge in [0, 0.05) is 17.7 Å². The topological polar surface area (TPSA) is 64.7 Å². The predicted molar refractivity (Wildman–Crippen MR) is 62.5 cm³/mol. The smallest absolute Gasteiger partial charge is 0.174 e. The molecule has 94 valence electrons. The lowest BCUT2D eigenvalue weighted by molar-refractivity contribution is 0.140. The van der Waals surface area contributed by atoms with Crippen molar-refractivity contribution < 1.29 is 19.1 Å². The summed E-state index contributed by atoms with van der Waals surface area (Å²) in [6, 6.07) is 7.22. The van der Waals surface area contributed by atoms with E-state index in [0.717, 1.165) is 11.3 Å². The number of aliphatic hydroxyl groups excluding tert-OH is 1. The lowest BCUT2D eigenvalue weighted by Gasteiger charge is -2.06. The Kier molecular flexibility index (Phi) is 2.68. The van der Waals surface area contributed by atoms with E-state index in [0.29, 0.717) is 30.5 Å². The minimum Gasteiger partial charge on any atom is -0.490 e. The molecule has 1 aliphatic heterocycles. The van der Waals surface area contributed by atoms with Crippen molar-refractivity contribution in [2.45, 2.75) is 19.6 Å². The van der Waals surface area contributed by atoms with Gasteiger partial charge in [-0.2, -0.15) is 0 Å². The molecular formula is C13H13NO4. The molecule has 0 radical (unpaired) electrons. The van der Waals surface area contributed by atoms with Crippen molar-refractivity contribution in [3.05, 3.63) is 41.3 Å². The van der Waals surface area contributed by atoms with Crippen LogP contribution in [-0.4, -0.2) is 16.9 Å². The van der Waals surface area contributed by atoms with Crippen molar-refractivity contribution in [3.8, 4) is 11.5 Å². The Morgan fingerprint density at radius 3 is 3.11 bits per heavy atom. The van der Waals surface area contributed by atoms with Gasteiger partial charge in [0.15, 0.2) is 5.76 Å². The predicted octanol–water partition coefficient (Wildman–Crippen LogP) is 1.99. The summed E-state index contributed by atoms with van der Waals surface area (Å²) < 4.78 is 16.0. The van der Waals surface area contributed by atoms with Crippen LogP contribution in [0, 0.1) is 6.92 Å². The van der Waals surface area contributed by atoms with Crippen LogP contribution in [0.15, 0.2) is 28.8 Å². The second kappa shape index (κ2) is 4.34. The fraction of sp³-hybridized carbons (Fsp3) is 0.308. The van der Waals surface area contributed by atoms with Gasteiger partial charge < -0.3 is 19.1 Å². The van der Waals surface area contributed by atoms with Crippen molar-refractivity contribution in [3.63, 3.8) is 0 Å². The Hall–Kier alpha value is -2.01. The molecule has 0 saturated heterocycles. The molecule has 1 N–H and O–H groups in total. The number of aromatic nitrogens is 1. The molecule has 3 rings (SSSR count). The summed E-state index contributed by atoms with van der Waals surface area (Å²) in [6.07, 6.45) is -0.536. The number of rotatable bonds is 3. The third kappa shape index (κ3) is 2.04. The van der Waals surface area contributed by atoms with Gasteiger partial charge in [-0.05, 0) is 19.1 Å². The first-order valence-electron chi connectivity index (χ1n) is 5.72. The summed E-state index contributed by atoms with van der Waals surface area (Å²) in [5.41, 5.74) is 1.63. The van der Waals surface area contributed by atoms with Crippen LogP contribution >= 0.6 is 0 Å². The van der Waals surface area contributed by atoms with E-state index in [-0.39, 0.29) is 0 Å². The van der Waals surface area contributed by atoms with Gasteiger partial charge in [0.05, 0.1) is 5.69 Å². The first kappa shape index (κ1) is 11.1. The second-order valence-electron chi connectivity index (χ2n) is 4.25. The van der Waals surface area contributed by atoms with Gasteiger partial charge in [0.2, 0.25) is 0 Å². The van der Waals surface area contributed by atoms with Crippen LogP contribution in [0.25, 0.3) is 0 Å². The number of nitrogens with zero attached hydrogens (tertiary/aromatic N) is 1. The number of ether oxygens (including phenoxy) is 2. The fourth-order valence-electron chi connectivity index (χ4n) is 1.90. The van der Waals surface area contributed by atoms with E-state index in [2.05, 4.69) is 5.16 Å². The maximum atomic E-state index is 9.59. The molecule has 1 aliphatic rings. The van der Waals surface area contributed by atoms with Gasteiger partial charge in [-0.1, -0.05) is 5.16 Å². The van der Waals surface area contributed by atoms with Crippen molar-refractivity contribution >= 4 is 0 Å². The van der Waals surface area contributed by atoms with Crippen LogP contribution in [0.2, 0.25) is 0 Å². The highest BCUT2D eigenvalue weighted by Crippen LogP contribution is 2.35. The second-order valence-corrected chi connectivity index (χ2v) is 4.25. The van der Waals surface area contributed by atoms with E-state index >= 15 is 0 Å². The summed E-state index contributed by atoms with van der Waals surface area (Å²) in [6.45, 7) is 2.49. The summed E-state index contributed by atoms with van der Waals surface area (Å²) >= 11 is 0. The fourth-order valence-corrected chi connectivity index (χ4v) is 1.90. The molecule has 2 aromatic rings. The van der Waals surface area contributed by atoms with Crippen LogP contribution in [0.5, 0.6) is 11.5 Å². The maximum Gasteiger partial charge on any atom is 0.174 e. The lowest BCUT2D eigenvalue weighted by Crippen LogP contribution is -1.97. The molecule has 0 saturated carbocycles. The van der Waals surface area contributed by atoms with Gasteiger partial charge in [0.25, 0.3) is 0 Å². The van der Waals surface area contributed by atoms with E-state index in [1.54, 1.807) is 12.1 Å². The molecule has 5 heteroatoms. The number of hydrogen-bond donors (Lipinski definition) is 1. The molecule has 18 heavy (non-hydrogen) atoms. The molecule has 0 amide bonds. The molecule has 1 atom stereocenters. The monoisotopic (exact) mass is 247 g/mol. The molecule has 0 spiro atoms. The first-order chi connectivity index (χ1) is 8.72. The van der Waals surface area contributed by atoms with Crippen molar-refractivity contribution in [2.24, 2.45) is 0 Å². The third-order valence-corrected chi connectivity index (χ3v) is 2.80. The molecule has 0 fully saturated rings. The highest BCUT2D eigenvalue weighted by atomic mass is 16.5. The van der Waals surface area contributed by atoms with Crippen LogP contribution < -0.4 is 9.47 Å². The average Bonchev–Trinajstić information content (AvgIpc) is 2.94. The Morgan fingerprint density at radius 1 is 1.44 bits per heavy atom. The van der Waals surface area contributed by atoms with E-state index in [9.17, 15) is 5.11 Å². The third-order valence-electron chi connectivity index (χ3n) is 2.80. The van der Waals surface area contributed by atoms with Crippen LogP contribution in [0.4, 0.5) is 0 Å². The SMILES string of the molecule is Cc1cc(COc2ccc3c(c2)OCC3O)on1. The minimum absolute atomic E-state index is 0.306. The number of fused-ring (bicyclic) bond motifs is 1. The number of hydrogen-bond acceptors (Lipinski definition) is 5. The van der Waals surface area contributed by atoms with E-state index < -0.39 is 6.10 Å². The molecule has 0 bridgehead atoms. The summed E-state index contributed by atoms with van der Waals surface area (Å²) in [4.78, 5) is 0. The zero-order chi connectivity index (χ0) is 12.5. The Bertz CT molecular complexity index is 564. The highest BCUT2D eigenvalue weighted by molar-refractivity contribution is 5.44. The quantitative estimate of drug-likeness (QED) is 0.898. The van der Waals surface area contributed by atoms with E-state index in [1.807, 2.05) is 19.1 Å². The van der Waals surface area contributed by atoms with Crippen LogP contribution in [0.3, 0.4) is 0 Å².